The highest BCUT2D eigenvalue weighted by Gasteiger charge is 2.12. The lowest BCUT2D eigenvalue weighted by Crippen LogP contribution is -2.13. The van der Waals surface area contributed by atoms with Gasteiger partial charge in [0.2, 0.25) is 0 Å². The predicted octanol–water partition coefficient (Wildman–Crippen LogP) is 3.91. The molecule has 1 N–H and O–H groups in total. The molecular formula is C21H25NO5. The van der Waals surface area contributed by atoms with E-state index in [2.05, 4.69) is 23.9 Å². The van der Waals surface area contributed by atoms with Crippen molar-refractivity contribution in [2.45, 2.75) is 20.5 Å². The van der Waals surface area contributed by atoms with Gasteiger partial charge in [-0.3, -0.25) is 4.79 Å². The van der Waals surface area contributed by atoms with Gasteiger partial charge < -0.3 is 19.5 Å². The number of nitrogens with one attached hydrogen (secondary N) is 1. The van der Waals surface area contributed by atoms with Gasteiger partial charge in [0.1, 0.15) is 5.75 Å². The Morgan fingerprint density at radius 3 is 2.26 bits per heavy atom. The van der Waals surface area contributed by atoms with Crippen LogP contribution in [0.5, 0.6) is 5.75 Å². The average molecular weight is 371 g/mol. The predicted molar refractivity (Wildman–Crippen MR) is 103 cm³/mol. The standard InChI is InChI=1S/C21H25NO5/c1-14(2)12-27-13-17-11-16(7-10-19(17)25-3)20(23)22-18-8-5-15(6-9-18)21(24)26-4/h5-11,14H,12-13H2,1-4H3,(H,22,23). The van der Waals surface area contributed by atoms with E-state index in [1.165, 1.54) is 7.11 Å². The lowest BCUT2D eigenvalue weighted by Gasteiger charge is -2.13. The summed E-state index contributed by atoms with van der Waals surface area (Å²) in [7, 11) is 2.91. The van der Waals surface area contributed by atoms with Crippen LogP contribution in [-0.2, 0) is 16.1 Å². The van der Waals surface area contributed by atoms with E-state index in [4.69, 9.17) is 9.47 Å². The van der Waals surface area contributed by atoms with E-state index in [-0.39, 0.29) is 5.91 Å². The second-order valence-corrected chi connectivity index (χ2v) is 6.46. The normalized spacial score (nSPS) is 10.6. The van der Waals surface area contributed by atoms with Crippen LogP contribution in [0.15, 0.2) is 42.5 Å². The molecule has 27 heavy (non-hydrogen) atoms. The SMILES string of the molecule is COC(=O)c1ccc(NC(=O)c2ccc(OC)c(COCC(C)C)c2)cc1. The van der Waals surface area contributed by atoms with Gasteiger partial charge in [0.25, 0.3) is 5.91 Å². The van der Waals surface area contributed by atoms with Crippen molar-refractivity contribution in [1.82, 2.24) is 0 Å². The molecule has 1 amide bonds. The van der Waals surface area contributed by atoms with Crippen LogP contribution in [-0.4, -0.2) is 32.7 Å². The summed E-state index contributed by atoms with van der Waals surface area (Å²) in [4.78, 5) is 24.0. The van der Waals surface area contributed by atoms with Gasteiger partial charge in [0, 0.05) is 23.4 Å². The van der Waals surface area contributed by atoms with Crippen molar-refractivity contribution in [3.05, 3.63) is 59.2 Å². The summed E-state index contributed by atoms with van der Waals surface area (Å²) in [5.41, 5.74) is 2.31. The molecule has 0 unspecified atom stereocenters. The van der Waals surface area contributed by atoms with E-state index in [1.807, 2.05) is 0 Å². The molecule has 0 saturated heterocycles. The summed E-state index contributed by atoms with van der Waals surface area (Å²) >= 11 is 0. The molecule has 2 aromatic rings. The molecule has 0 aliphatic rings. The molecule has 0 bridgehead atoms. The number of esters is 1. The Labute approximate surface area is 159 Å². The zero-order chi connectivity index (χ0) is 19.8. The fraction of sp³-hybridized carbons (Fsp3) is 0.333. The molecular weight excluding hydrogens is 346 g/mol. The average Bonchev–Trinajstić information content (AvgIpc) is 2.67. The van der Waals surface area contributed by atoms with Gasteiger partial charge in [0.05, 0.1) is 26.4 Å². The minimum absolute atomic E-state index is 0.256. The fourth-order valence-electron chi connectivity index (χ4n) is 2.45. The summed E-state index contributed by atoms with van der Waals surface area (Å²) in [6, 6.07) is 11.7. The number of hydrogen-bond donors (Lipinski definition) is 1. The number of methoxy groups -OCH3 is 2. The molecule has 6 heteroatoms. The third kappa shape index (κ3) is 5.82. The minimum Gasteiger partial charge on any atom is -0.496 e. The van der Waals surface area contributed by atoms with Crippen molar-refractivity contribution in [2.24, 2.45) is 5.92 Å². The monoisotopic (exact) mass is 371 g/mol. The van der Waals surface area contributed by atoms with E-state index >= 15 is 0 Å². The molecule has 0 fully saturated rings. The Hall–Kier alpha value is -2.86. The van der Waals surface area contributed by atoms with Crippen LogP contribution >= 0.6 is 0 Å². The van der Waals surface area contributed by atoms with Gasteiger partial charge in [-0.2, -0.15) is 0 Å². The first-order valence-corrected chi connectivity index (χ1v) is 8.69. The number of carbonyl (C=O) groups is 2. The number of rotatable bonds is 8. The number of anilines is 1. The van der Waals surface area contributed by atoms with Crippen LogP contribution < -0.4 is 10.1 Å². The third-order valence-electron chi connectivity index (χ3n) is 3.82. The second-order valence-electron chi connectivity index (χ2n) is 6.46. The van der Waals surface area contributed by atoms with Gasteiger partial charge >= 0.3 is 5.97 Å². The van der Waals surface area contributed by atoms with E-state index in [9.17, 15) is 9.59 Å². The summed E-state index contributed by atoms with van der Waals surface area (Å²) in [5.74, 6) is 0.427. The largest absolute Gasteiger partial charge is 0.496 e. The van der Waals surface area contributed by atoms with Gasteiger partial charge in [0.15, 0.2) is 0 Å². The summed E-state index contributed by atoms with van der Waals surface area (Å²) in [5, 5.41) is 2.81. The maximum atomic E-state index is 12.5. The lowest BCUT2D eigenvalue weighted by atomic mass is 10.1. The molecule has 0 aliphatic carbocycles. The first-order chi connectivity index (χ1) is 12.9. The third-order valence-corrected chi connectivity index (χ3v) is 3.82. The quantitative estimate of drug-likeness (QED) is 0.712. The van der Waals surface area contributed by atoms with Crippen molar-refractivity contribution < 1.29 is 23.8 Å². The smallest absolute Gasteiger partial charge is 0.337 e. The maximum Gasteiger partial charge on any atom is 0.337 e. The lowest BCUT2D eigenvalue weighted by molar-refractivity contribution is 0.0600. The highest BCUT2D eigenvalue weighted by Crippen LogP contribution is 2.22. The Morgan fingerprint density at radius 2 is 1.67 bits per heavy atom. The van der Waals surface area contributed by atoms with Crippen molar-refractivity contribution in [1.29, 1.82) is 0 Å². The molecule has 2 aromatic carbocycles. The van der Waals surface area contributed by atoms with Crippen molar-refractivity contribution in [3.63, 3.8) is 0 Å². The molecule has 0 aromatic heterocycles. The first-order valence-electron chi connectivity index (χ1n) is 8.69. The first kappa shape index (κ1) is 20.5. The molecule has 0 saturated carbocycles. The van der Waals surface area contributed by atoms with E-state index in [0.29, 0.717) is 41.7 Å². The van der Waals surface area contributed by atoms with Crippen LogP contribution in [0.1, 0.15) is 40.1 Å². The van der Waals surface area contributed by atoms with Crippen molar-refractivity contribution in [2.75, 3.05) is 26.1 Å². The highest BCUT2D eigenvalue weighted by molar-refractivity contribution is 6.04. The Kier molecular flexibility index (Phi) is 7.37. The molecule has 0 aliphatic heterocycles. The Morgan fingerprint density at radius 1 is 1.00 bits per heavy atom. The minimum atomic E-state index is -0.422. The highest BCUT2D eigenvalue weighted by atomic mass is 16.5. The number of amides is 1. The summed E-state index contributed by atoms with van der Waals surface area (Å²) in [6.07, 6.45) is 0. The van der Waals surface area contributed by atoms with E-state index in [1.54, 1.807) is 49.6 Å². The van der Waals surface area contributed by atoms with Gasteiger partial charge in [-0.25, -0.2) is 4.79 Å². The zero-order valence-corrected chi connectivity index (χ0v) is 16.1. The van der Waals surface area contributed by atoms with E-state index in [0.717, 1.165) is 5.56 Å². The van der Waals surface area contributed by atoms with Gasteiger partial charge in [-0.1, -0.05) is 13.8 Å². The Balaban J connectivity index is 2.09. The number of carbonyl (C=O) groups excluding carboxylic acids is 2. The molecule has 0 atom stereocenters. The van der Waals surface area contributed by atoms with Crippen molar-refractivity contribution >= 4 is 17.6 Å². The Bertz CT molecular complexity index is 784. The number of benzene rings is 2. The van der Waals surface area contributed by atoms with Crippen LogP contribution in [0.25, 0.3) is 0 Å². The fourth-order valence-corrected chi connectivity index (χ4v) is 2.45. The number of ether oxygens (including phenoxy) is 3. The van der Waals surface area contributed by atoms with Gasteiger partial charge in [-0.05, 0) is 48.4 Å². The van der Waals surface area contributed by atoms with Crippen LogP contribution in [0, 0.1) is 5.92 Å². The number of hydrogen-bond acceptors (Lipinski definition) is 5. The molecule has 0 spiro atoms. The molecule has 0 radical (unpaired) electrons. The molecule has 0 heterocycles. The van der Waals surface area contributed by atoms with Gasteiger partial charge in [-0.15, -0.1) is 0 Å². The maximum absolute atomic E-state index is 12.5. The summed E-state index contributed by atoms with van der Waals surface area (Å²) in [6.45, 7) is 5.15. The van der Waals surface area contributed by atoms with Crippen LogP contribution in [0.2, 0.25) is 0 Å². The second kappa shape index (κ2) is 9.73. The van der Waals surface area contributed by atoms with Crippen LogP contribution in [0.3, 0.4) is 0 Å². The topological polar surface area (TPSA) is 73.9 Å². The zero-order valence-electron chi connectivity index (χ0n) is 16.1. The van der Waals surface area contributed by atoms with Crippen LogP contribution in [0.4, 0.5) is 5.69 Å². The molecule has 2 rings (SSSR count). The molecule has 144 valence electrons. The molecule has 6 nitrogen and oxygen atoms in total. The summed E-state index contributed by atoms with van der Waals surface area (Å²) < 4.78 is 15.7. The van der Waals surface area contributed by atoms with E-state index < -0.39 is 5.97 Å². The van der Waals surface area contributed by atoms with Crippen molar-refractivity contribution in [3.8, 4) is 5.75 Å².